The molecule has 2 atom stereocenters. The zero-order valence-electron chi connectivity index (χ0n) is 14.8. The molecule has 0 aromatic heterocycles. The lowest BCUT2D eigenvalue weighted by Gasteiger charge is -2.35. The van der Waals surface area contributed by atoms with Crippen molar-refractivity contribution < 1.29 is 14.4 Å². The number of imide groups is 1. The summed E-state index contributed by atoms with van der Waals surface area (Å²) < 4.78 is 0. The number of nitrogens with zero attached hydrogens (tertiary/aromatic N) is 2. The molecule has 1 aliphatic heterocycles. The van der Waals surface area contributed by atoms with E-state index in [2.05, 4.69) is 12.2 Å². The Hall–Kier alpha value is -1.59. The van der Waals surface area contributed by atoms with Gasteiger partial charge in [0.25, 0.3) is 5.91 Å². The topological polar surface area (TPSA) is 69.7 Å². The Morgan fingerprint density at radius 1 is 1.12 bits per heavy atom. The second-order valence-electron chi connectivity index (χ2n) is 7.76. The molecule has 6 heteroatoms. The zero-order valence-corrected chi connectivity index (χ0v) is 14.8. The van der Waals surface area contributed by atoms with Gasteiger partial charge in [-0.25, -0.2) is 4.79 Å². The van der Waals surface area contributed by atoms with Crippen LogP contribution in [0.5, 0.6) is 0 Å². The molecular formula is C18H29N3O3. The van der Waals surface area contributed by atoms with Gasteiger partial charge >= 0.3 is 6.03 Å². The van der Waals surface area contributed by atoms with E-state index in [1.165, 1.54) is 6.42 Å². The number of carbonyl (C=O) groups is 3. The summed E-state index contributed by atoms with van der Waals surface area (Å²) in [4.78, 5) is 40.6. The molecule has 24 heavy (non-hydrogen) atoms. The molecule has 1 N–H and O–H groups in total. The summed E-state index contributed by atoms with van der Waals surface area (Å²) >= 11 is 0. The van der Waals surface area contributed by atoms with Crippen molar-refractivity contribution >= 4 is 17.8 Å². The highest BCUT2D eigenvalue weighted by Gasteiger charge is 2.55. The monoisotopic (exact) mass is 335 g/mol. The first-order chi connectivity index (χ1) is 11.5. The number of likely N-dealkylation sites (N-methyl/N-ethyl adjacent to an activating group) is 1. The van der Waals surface area contributed by atoms with Crippen LogP contribution in [0.1, 0.15) is 64.7 Å². The van der Waals surface area contributed by atoms with Crippen molar-refractivity contribution in [3.8, 4) is 0 Å². The molecule has 0 aromatic rings. The van der Waals surface area contributed by atoms with Gasteiger partial charge in [-0.05, 0) is 31.6 Å². The average molecular weight is 335 g/mol. The molecule has 6 nitrogen and oxygen atoms in total. The fourth-order valence-electron chi connectivity index (χ4n) is 4.60. The van der Waals surface area contributed by atoms with Crippen LogP contribution in [-0.4, -0.2) is 52.8 Å². The fourth-order valence-corrected chi connectivity index (χ4v) is 4.60. The predicted octanol–water partition coefficient (Wildman–Crippen LogP) is 2.28. The molecular weight excluding hydrogens is 306 g/mol. The van der Waals surface area contributed by atoms with Crippen LogP contribution in [0, 0.1) is 5.92 Å². The third kappa shape index (κ3) is 2.91. The SMILES string of the molecule is C[C@@H]1CCCC[C@@H]1NC(=O)CN1C(=O)N(C)C2(CCCCC2)C1=O. The Bertz CT molecular complexity index is 528. The van der Waals surface area contributed by atoms with Gasteiger partial charge in [0.2, 0.25) is 5.91 Å². The smallest absolute Gasteiger partial charge is 0.327 e. The van der Waals surface area contributed by atoms with Gasteiger partial charge in [-0.3, -0.25) is 14.5 Å². The maximum atomic E-state index is 12.9. The van der Waals surface area contributed by atoms with Gasteiger partial charge in [-0.1, -0.05) is 39.0 Å². The third-order valence-corrected chi connectivity index (χ3v) is 6.24. The number of urea groups is 1. The summed E-state index contributed by atoms with van der Waals surface area (Å²) in [7, 11) is 1.70. The van der Waals surface area contributed by atoms with Crippen molar-refractivity contribution in [1.29, 1.82) is 0 Å². The van der Waals surface area contributed by atoms with Gasteiger partial charge in [0.05, 0.1) is 0 Å². The Kier molecular flexibility index (Phi) is 4.83. The number of hydrogen-bond donors (Lipinski definition) is 1. The Balaban J connectivity index is 1.65. The summed E-state index contributed by atoms with van der Waals surface area (Å²) in [6.07, 6.45) is 8.91. The van der Waals surface area contributed by atoms with Gasteiger partial charge in [-0.15, -0.1) is 0 Å². The zero-order chi connectivity index (χ0) is 17.3. The van der Waals surface area contributed by atoms with Crippen LogP contribution in [0.3, 0.4) is 0 Å². The van der Waals surface area contributed by atoms with E-state index < -0.39 is 5.54 Å². The molecule has 1 spiro atoms. The van der Waals surface area contributed by atoms with Crippen molar-refractivity contribution in [3.05, 3.63) is 0 Å². The minimum Gasteiger partial charge on any atom is -0.352 e. The van der Waals surface area contributed by atoms with Crippen molar-refractivity contribution in [1.82, 2.24) is 15.1 Å². The predicted molar refractivity (Wildman–Crippen MR) is 90.3 cm³/mol. The lowest BCUT2D eigenvalue weighted by atomic mass is 9.81. The lowest BCUT2D eigenvalue weighted by molar-refractivity contribution is -0.137. The van der Waals surface area contributed by atoms with Crippen LogP contribution in [0.15, 0.2) is 0 Å². The highest BCUT2D eigenvalue weighted by atomic mass is 16.2. The fraction of sp³-hybridized carbons (Fsp3) is 0.833. The lowest BCUT2D eigenvalue weighted by Crippen LogP contribution is -2.50. The van der Waals surface area contributed by atoms with Crippen molar-refractivity contribution in [2.24, 2.45) is 5.92 Å². The molecule has 0 unspecified atom stereocenters. The van der Waals surface area contributed by atoms with Crippen LogP contribution in [0.2, 0.25) is 0 Å². The molecule has 0 bridgehead atoms. The second-order valence-corrected chi connectivity index (χ2v) is 7.76. The maximum Gasteiger partial charge on any atom is 0.327 e. The molecule has 2 aliphatic carbocycles. The first-order valence-corrected chi connectivity index (χ1v) is 9.35. The first-order valence-electron chi connectivity index (χ1n) is 9.35. The summed E-state index contributed by atoms with van der Waals surface area (Å²) in [5.41, 5.74) is -0.701. The van der Waals surface area contributed by atoms with E-state index in [1.807, 2.05) is 0 Å². The molecule has 1 heterocycles. The van der Waals surface area contributed by atoms with Gasteiger partial charge < -0.3 is 10.2 Å². The van der Waals surface area contributed by atoms with E-state index in [4.69, 9.17) is 0 Å². The van der Waals surface area contributed by atoms with Gasteiger partial charge in [-0.2, -0.15) is 0 Å². The van der Waals surface area contributed by atoms with E-state index in [0.29, 0.717) is 18.8 Å². The number of amides is 4. The molecule has 1 saturated heterocycles. The van der Waals surface area contributed by atoms with E-state index in [-0.39, 0.29) is 30.4 Å². The van der Waals surface area contributed by atoms with E-state index in [1.54, 1.807) is 11.9 Å². The summed E-state index contributed by atoms with van der Waals surface area (Å²) in [6, 6.07) is -0.158. The van der Waals surface area contributed by atoms with Crippen LogP contribution in [0.25, 0.3) is 0 Å². The van der Waals surface area contributed by atoms with Crippen LogP contribution in [-0.2, 0) is 9.59 Å². The van der Waals surface area contributed by atoms with Gasteiger partial charge in [0, 0.05) is 13.1 Å². The molecule has 3 aliphatic rings. The Labute approximate surface area is 143 Å². The summed E-state index contributed by atoms with van der Waals surface area (Å²) in [5.74, 6) is 0.0679. The van der Waals surface area contributed by atoms with Crippen molar-refractivity contribution in [3.63, 3.8) is 0 Å². The van der Waals surface area contributed by atoms with Crippen LogP contribution in [0.4, 0.5) is 4.79 Å². The first kappa shape index (κ1) is 17.2. The van der Waals surface area contributed by atoms with E-state index in [9.17, 15) is 14.4 Å². The highest BCUT2D eigenvalue weighted by molar-refractivity contribution is 6.08. The quantitative estimate of drug-likeness (QED) is 0.805. The summed E-state index contributed by atoms with van der Waals surface area (Å²) in [6.45, 7) is 2.01. The van der Waals surface area contributed by atoms with E-state index >= 15 is 0 Å². The minimum atomic E-state index is -0.701. The maximum absolute atomic E-state index is 12.9. The molecule has 4 amide bonds. The number of nitrogens with one attached hydrogen (secondary N) is 1. The van der Waals surface area contributed by atoms with E-state index in [0.717, 1.165) is 43.4 Å². The third-order valence-electron chi connectivity index (χ3n) is 6.24. The van der Waals surface area contributed by atoms with Gasteiger partial charge in [0.1, 0.15) is 12.1 Å². The second kappa shape index (κ2) is 6.73. The summed E-state index contributed by atoms with van der Waals surface area (Å²) in [5, 5.41) is 3.04. The standard InChI is InChI=1S/C18H29N3O3/c1-13-8-4-5-9-14(13)19-15(22)12-21-16(23)18(20(2)17(21)24)10-6-3-7-11-18/h13-14H,3-12H2,1-2H3,(H,19,22)/t13-,14+/m1/s1. The molecule has 3 rings (SSSR count). The van der Waals surface area contributed by atoms with Crippen molar-refractivity contribution in [2.45, 2.75) is 76.3 Å². The Morgan fingerprint density at radius 3 is 2.46 bits per heavy atom. The van der Waals surface area contributed by atoms with Crippen LogP contribution >= 0.6 is 0 Å². The normalized spacial score (nSPS) is 30.1. The molecule has 2 saturated carbocycles. The molecule has 0 aromatic carbocycles. The van der Waals surface area contributed by atoms with Crippen LogP contribution < -0.4 is 5.32 Å². The largest absolute Gasteiger partial charge is 0.352 e. The van der Waals surface area contributed by atoms with Gasteiger partial charge in [0.15, 0.2) is 0 Å². The average Bonchev–Trinajstić information content (AvgIpc) is 2.74. The van der Waals surface area contributed by atoms with Crippen molar-refractivity contribution in [2.75, 3.05) is 13.6 Å². The minimum absolute atomic E-state index is 0.146. The number of rotatable bonds is 3. The highest BCUT2D eigenvalue weighted by Crippen LogP contribution is 2.39. The molecule has 3 fully saturated rings. The number of hydrogen-bond acceptors (Lipinski definition) is 3. The Morgan fingerprint density at radius 2 is 1.79 bits per heavy atom. The molecule has 0 radical (unpaired) electrons. The molecule has 134 valence electrons. The number of carbonyl (C=O) groups excluding carboxylic acids is 3.